The molecule has 0 aliphatic heterocycles. The number of nitrogens with zero attached hydrogens (tertiary/aromatic N) is 1. The van der Waals surface area contributed by atoms with Crippen LogP contribution in [-0.2, 0) is 9.53 Å². The second kappa shape index (κ2) is 33.9. The first-order valence-electron chi connectivity index (χ1n) is 21.0. The highest BCUT2D eigenvalue weighted by Crippen LogP contribution is 2.30. The largest absolute Gasteiger partial charge is 0.462 e. The standard InChI is InChI=1S/C45H81NO2/c1-5-7-9-11-13-15-17-19-21-23-25-27-29-31-33-35-37-44(48-45(47)42-39-40-43(41-42)46(3)4)38-36-34-32-30-28-26-24-22-20-18-16-14-12-10-8-6-2/h13-16,19-22,42-44H,5-12,17-18,23-41H2,1-4H3. The molecule has 3 nitrogen and oxygen atoms in total. The lowest BCUT2D eigenvalue weighted by molar-refractivity contribution is -0.154. The summed E-state index contributed by atoms with van der Waals surface area (Å²) < 4.78 is 6.23. The second-order valence-electron chi connectivity index (χ2n) is 14.9. The summed E-state index contributed by atoms with van der Waals surface area (Å²) in [5.74, 6) is 0.191. The highest BCUT2D eigenvalue weighted by Gasteiger charge is 2.33. The first-order valence-corrected chi connectivity index (χ1v) is 21.0. The molecule has 1 saturated carbocycles. The Kier molecular flexibility index (Phi) is 31.3. The Balaban J connectivity index is 2.20. The number of ether oxygens (including phenoxy) is 1. The molecule has 2 atom stereocenters. The van der Waals surface area contributed by atoms with E-state index in [1.165, 1.54) is 141 Å². The lowest BCUT2D eigenvalue weighted by Gasteiger charge is -2.21. The average molecular weight is 668 g/mol. The molecular weight excluding hydrogens is 587 g/mol. The summed E-state index contributed by atoms with van der Waals surface area (Å²) >= 11 is 0. The number of hydrogen-bond donors (Lipinski definition) is 0. The van der Waals surface area contributed by atoms with Crippen LogP contribution in [0.25, 0.3) is 0 Å². The van der Waals surface area contributed by atoms with Crippen molar-refractivity contribution in [1.82, 2.24) is 4.90 Å². The molecule has 1 aliphatic carbocycles. The maximum atomic E-state index is 13.1. The van der Waals surface area contributed by atoms with Gasteiger partial charge in [-0.25, -0.2) is 0 Å². The van der Waals surface area contributed by atoms with Gasteiger partial charge in [-0.1, -0.05) is 140 Å². The van der Waals surface area contributed by atoms with Crippen LogP contribution in [0.15, 0.2) is 48.6 Å². The Bertz CT molecular complexity index is 777. The summed E-state index contributed by atoms with van der Waals surface area (Å²) in [6.07, 6.45) is 54.5. The highest BCUT2D eigenvalue weighted by atomic mass is 16.5. The highest BCUT2D eigenvalue weighted by molar-refractivity contribution is 5.73. The molecule has 1 rings (SSSR count). The van der Waals surface area contributed by atoms with E-state index in [9.17, 15) is 4.79 Å². The van der Waals surface area contributed by atoms with Crippen LogP contribution >= 0.6 is 0 Å². The summed E-state index contributed by atoms with van der Waals surface area (Å²) in [7, 11) is 4.27. The molecule has 0 aromatic heterocycles. The van der Waals surface area contributed by atoms with E-state index in [4.69, 9.17) is 4.74 Å². The molecule has 2 unspecified atom stereocenters. The van der Waals surface area contributed by atoms with Crippen LogP contribution in [-0.4, -0.2) is 37.1 Å². The van der Waals surface area contributed by atoms with Gasteiger partial charge in [-0.05, 0) is 123 Å². The molecule has 0 radical (unpaired) electrons. The monoisotopic (exact) mass is 668 g/mol. The summed E-state index contributed by atoms with van der Waals surface area (Å²) in [5.41, 5.74) is 0. The van der Waals surface area contributed by atoms with Crippen molar-refractivity contribution >= 4 is 5.97 Å². The Labute approximate surface area is 300 Å². The van der Waals surface area contributed by atoms with E-state index < -0.39 is 0 Å². The van der Waals surface area contributed by atoms with Crippen LogP contribution in [0.4, 0.5) is 0 Å². The molecule has 0 saturated heterocycles. The summed E-state index contributed by atoms with van der Waals surface area (Å²) in [6.45, 7) is 4.53. The third-order valence-corrected chi connectivity index (χ3v) is 10.2. The van der Waals surface area contributed by atoms with E-state index in [0.29, 0.717) is 6.04 Å². The predicted octanol–water partition coefficient (Wildman–Crippen LogP) is 14.0. The maximum Gasteiger partial charge on any atom is 0.309 e. The molecule has 0 aromatic rings. The number of carbonyl (C=O) groups excluding carboxylic acids is 1. The lowest BCUT2D eigenvalue weighted by Crippen LogP contribution is -2.27. The van der Waals surface area contributed by atoms with Crippen LogP contribution in [0.1, 0.15) is 200 Å². The summed E-state index contributed by atoms with van der Waals surface area (Å²) in [4.78, 5) is 15.4. The maximum absolute atomic E-state index is 13.1. The van der Waals surface area contributed by atoms with Crippen LogP contribution in [0.3, 0.4) is 0 Å². The number of allylic oxidation sites excluding steroid dienone is 8. The van der Waals surface area contributed by atoms with E-state index in [2.05, 4.69) is 81.5 Å². The fraction of sp³-hybridized carbons (Fsp3) is 0.800. The number of hydrogen-bond acceptors (Lipinski definition) is 3. The van der Waals surface area contributed by atoms with Gasteiger partial charge < -0.3 is 9.64 Å². The fourth-order valence-electron chi connectivity index (χ4n) is 6.88. The Morgan fingerprint density at radius 3 is 1.35 bits per heavy atom. The normalized spacial score (nSPS) is 17.7. The van der Waals surface area contributed by atoms with Crippen molar-refractivity contribution in [1.29, 1.82) is 0 Å². The van der Waals surface area contributed by atoms with E-state index in [1.54, 1.807) is 0 Å². The molecule has 0 bridgehead atoms. The van der Waals surface area contributed by atoms with Gasteiger partial charge in [0.2, 0.25) is 0 Å². The first-order chi connectivity index (χ1) is 23.6. The van der Waals surface area contributed by atoms with Gasteiger partial charge in [0.25, 0.3) is 0 Å². The lowest BCUT2D eigenvalue weighted by atomic mass is 10.0. The quantitative estimate of drug-likeness (QED) is 0.0396. The number of carbonyl (C=O) groups is 1. The molecule has 278 valence electrons. The van der Waals surface area contributed by atoms with Gasteiger partial charge in [0, 0.05) is 6.04 Å². The van der Waals surface area contributed by atoms with Crippen molar-refractivity contribution < 1.29 is 9.53 Å². The topological polar surface area (TPSA) is 29.5 Å². The van der Waals surface area contributed by atoms with Crippen LogP contribution < -0.4 is 0 Å². The summed E-state index contributed by atoms with van der Waals surface area (Å²) in [6, 6.07) is 0.529. The minimum Gasteiger partial charge on any atom is -0.462 e. The van der Waals surface area contributed by atoms with Crippen molar-refractivity contribution in [3.05, 3.63) is 48.6 Å². The zero-order chi connectivity index (χ0) is 34.8. The molecule has 1 fully saturated rings. The molecule has 0 aromatic carbocycles. The van der Waals surface area contributed by atoms with Gasteiger partial charge in [0.15, 0.2) is 0 Å². The molecule has 48 heavy (non-hydrogen) atoms. The van der Waals surface area contributed by atoms with Gasteiger partial charge in [-0.3, -0.25) is 4.79 Å². The first kappa shape index (κ1) is 44.4. The van der Waals surface area contributed by atoms with Crippen molar-refractivity contribution in [3.63, 3.8) is 0 Å². The van der Waals surface area contributed by atoms with E-state index in [1.807, 2.05) is 0 Å². The molecule has 0 N–H and O–H groups in total. The minimum absolute atomic E-state index is 0.0874. The van der Waals surface area contributed by atoms with E-state index >= 15 is 0 Å². The Morgan fingerprint density at radius 2 is 0.958 bits per heavy atom. The van der Waals surface area contributed by atoms with Crippen LogP contribution in [0.2, 0.25) is 0 Å². The van der Waals surface area contributed by atoms with Gasteiger partial charge in [-0.15, -0.1) is 0 Å². The third kappa shape index (κ3) is 27.2. The number of unbranched alkanes of at least 4 members (excludes halogenated alkanes) is 18. The Hall–Kier alpha value is -1.61. The second-order valence-corrected chi connectivity index (χ2v) is 14.9. The zero-order valence-electron chi connectivity index (χ0n) is 32.6. The third-order valence-electron chi connectivity index (χ3n) is 10.2. The van der Waals surface area contributed by atoms with Crippen LogP contribution in [0, 0.1) is 5.92 Å². The van der Waals surface area contributed by atoms with Gasteiger partial charge in [0.05, 0.1) is 5.92 Å². The fourth-order valence-corrected chi connectivity index (χ4v) is 6.88. The van der Waals surface area contributed by atoms with Crippen molar-refractivity contribution in [2.24, 2.45) is 5.92 Å². The SMILES string of the molecule is CCCCCC=CCC=CCCCCCCCCC(CCCCCCCCC=CCC=CCCCCC)OC(=O)C1CCC(N(C)C)C1. The van der Waals surface area contributed by atoms with Gasteiger partial charge >= 0.3 is 5.97 Å². The van der Waals surface area contributed by atoms with Crippen molar-refractivity contribution in [2.75, 3.05) is 14.1 Å². The predicted molar refractivity (Wildman–Crippen MR) is 213 cm³/mol. The van der Waals surface area contributed by atoms with Gasteiger partial charge in [-0.2, -0.15) is 0 Å². The van der Waals surface area contributed by atoms with Crippen molar-refractivity contribution in [3.8, 4) is 0 Å². The number of rotatable bonds is 33. The molecule has 0 spiro atoms. The van der Waals surface area contributed by atoms with Crippen molar-refractivity contribution in [2.45, 2.75) is 212 Å². The number of esters is 1. The average Bonchev–Trinajstić information content (AvgIpc) is 3.59. The molecular formula is C45H81NO2. The van der Waals surface area contributed by atoms with Gasteiger partial charge in [0.1, 0.15) is 6.10 Å². The minimum atomic E-state index is 0.0874. The molecule has 0 amide bonds. The molecule has 1 aliphatic rings. The zero-order valence-corrected chi connectivity index (χ0v) is 32.6. The Morgan fingerprint density at radius 1 is 0.562 bits per heavy atom. The summed E-state index contributed by atoms with van der Waals surface area (Å²) in [5, 5.41) is 0. The van der Waals surface area contributed by atoms with E-state index in [-0.39, 0.29) is 18.0 Å². The smallest absolute Gasteiger partial charge is 0.309 e. The van der Waals surface area contributed by atoms with Crippen LogP contribution in [0.5, 0.6) is 0 Å². The van der Waals surface area contributed by atoms with E-state index in [0.717, 1.165) is 44.9 Å². The molecule has 0 heterocycles. The molecule has 3 heteroatoms.